The molecule has 0 aliphatic heterocycles. The standard InChI is InChI=1S/C22H24BrN3O4/c1-22(2,3)30-21(29)25-10-9-24-19(13-5-4-6-15(27)11-13)18-16-12-14(23)7-8-17(16)26-20(18)28/h4-8,11-12,26-28H,9-10H2,1-3H3,(H,25,29). The number of amides is 1. The molecule has 0 radical (unpaired) electrons. The van der Waals surface area contributed by atoms with Crippen LogP contribution in [0.25, 0.3) is 10.9 Å². The first kappa shape index (κ1) is 21.7. The molecule has 0 saturated carbocycles. The number of carbonyl (C=O) groups is 1. The molecule has 2 aromatic carbocycles. The summed E-state index contributed by atoms with van der Waals surface area (Å²) in [6.45, 7) is 5.89. The van der Waals surface area contributed by atoms with E-state index in [-0.39, 0.29) is 24.7 Å². The van der Waals surface area contributed by atoms with Crippen LogP contribution in [0.2, 0.25) is 0 Å². The van der Waals surface area contributed by atoms with Gasteiger partial charge in [0.05, 0.1) is 17.8 Å². The molecule has 4 N–H and O–H groups in total. The number of hydrogen-bond acceptors (Lipinski definition) is 5. The Morgan fingerprint density at radius 3 is 2.67 bits per heavy atom. The van der Waals surface area contributed by atoms with Crippen molar-refractivity contribution < 1.29 is 19.7 Å². The molecule has 1 heterocycles. The molecule has 0 atom stereocenters. The fraction of sp³-hybridized carbons (Fsp3) is 0.273. The molecule has 0 fully saturated rings. The summed E-state index contributed by atoms with van der Waals surface area (Å²) < 4.78 is 6.08. The largest absolute Gasteiger partial charge is 0.508 e. The van der Waals surface area contributed by atoms with Crippen LogP contribution in [0.4, 0.5) is 4.79 Å². The molecule has 8 heteroatoms. The van der Waals surface area contributed by atoms with E-state index in [2.05, 4.69) is 31.2 Å². The van der Waals surface area contributed by atoms with Crippen molar-refractivity contribution in [2.24, 2.45) is 4.99 Å². The van der Waals surface area contributed by atoms with Crippen molar-refractivity contribution in [2.75, 3.05) is 13.1 Å². The van der Waals surface area contributed by atoms with Crippen molar-refractivity contribution in [2.45, 2.75) is 26.4 Å². The highest BCUT2D eigenvalue weighted by atomic mass is 79.9. The molecule has 30 heavy (non-hydrogen) atoms. The molecule has 0 spiro atoms. The van der Waals surface area contributed by atoms with Gasteiger partial charge in [-0.25, -0.2) is 4.79 Å². The minimum Gasteiger partial charge on any atom is -0.508 e. The topological polar surface area (TPSA) is 107 Å². The van der Waals surface area contributed by atoms with Gasteiger partial charge in [-0.05, 0) is 51.1 Å². The van der Waals surface area contributed by atoms with Crippen LogP contribution >= 0.6 is 15.9 Å². The Bertz CT molecular complexity index is 1100. The van der Waals surface area contributed by atoms with Crippen molar-refractivity contribution in [3.05, 3.63) is 58.1 Å². The molecule has 0 saturated heterocycles. The number of aliphatic imine (C=N–C) groups is 1. The molecule has 7 nitrogen and oxygen atoms in total. The van der Waals surface area contributed by atoms with E-state index in [1.54, 1.807) is 45.0 Å². The summed E-state index contributed by atoms with van der Waals surface area (Å²) in [5.74, 6) is 0.0675. The number of fused-ring (bicyclic) bond motifs is 1. The average molecular weight is 474 g/mol. The number of carbonyl (C=O) groups excluding carboxylic acids is 1. The number of rotatable bonds is 5. The van der Waals surface area contributed by atoms with Gasteiger partial charge in [-0.3, -0.25) is 4.99 Å². The Balaban J connectivity index is 1.93. The number of aromatic hydroxyl groups is 2. The van der Waals surface area contributed by atoms with Gasteiger partial charge in [0, 0.05) is 27.5 Å². The van der Waals surface area contributed by atoms with E-state index in [9.17, 15) is 15.0 Å². The van der Waals surface area contributed by atoms with E-state index >= 15 is 0 Å². The second kappa shape index (κ2) is 8.79. The van der Waals surface area contributed by atoms with Gasteiger partial charge in [0.1, 0.15) is 11.4 Å². The van der Waals surface area contributed by atoms with Crippen molar-refractivity contribution >= 4 is 38.6 Å². The van der Waals surface area contributed by atoms with E-state index in [1.807, 2.05) is 18.2 Å². The van der Waals surface area contributed by atoms with Crippen molar-refractivity contribution in [3.8, 4) is 11.6 Å². The maximum Gasteiger partial charge on any atom is 0.407 e. The molecule has 0 aliphatic rings. The number of aromatic nitrogens is 1. The number of ether oxygens (including phenoxy) is 1. The summed E-state index contributed by atoms with van der Waals surface area (Å²) in [5, 5.41) is 24.0. The molecule has 0 aliphatic carbocycles. The molecular formula is C22H24BrN3O4. The van der Waals surface area contributed by atoms with E-state index in [4.69, 9.17) is 4.74 Å². The maximum absolute atomic E-state index is 11.8. The van der Waals surface area contributed by atoms with Crippen molar-refractivity contribution in [3.63, 3.8) is 0 Å². The molecule has 3 aromatic rings. The fourth-order valence-corrected chi connectivity index (χ4v) is 3.36. The third kappa shape index (κ3) is 5.33. The van der Waals surface area contributed by atoms with Gasteiger partial charge < -0.3 is 25.3 Å². The molecular weight excluding hydrogens is 450 g/mol. The summed E-state index contributed by atoms with van der Waals surface area (Å²) in [6, 6.07) is 12.3. The quantitative estimate of drug-likeness (QED) is 0.318. The average Bonchev–Trinajstić information content (AvgIpc) is 2.95. The lowest BCUT2D eigenvalue weighted by Crippen LogP contribution is -2.33. The zero-order chi connectivity index (χ0) is 21.9. The second-order valence-electron chi connectivity index (χ2n) is 7.75. The maximum atomic E-state index is 11.8. The van der Waals surface area contributed by atoms with Gasteiger partial charge in [-0.2, -0.15) is 0 Å². The lowest BCUT2D eigenvalue weighted by Gasteiger charge is -2.19. The number of H-pyrrole nitrogens is 1. The Morgan fingerprint density at radius 2 is 1.97 bits per heavy atom. The van der Waals surface area contributed by atoms with E-state index in [0.717, 1.165) is 15.4 Å². The van der Waals surface area contributed by atoms with Gasteiger partial charge in [0.25, 0.3) is 0 Å². The number of phenols is 1. The summed E-state index contributed by atoms with van der Waals surface area (Å²) in [5.41, 5.74) is 1.84. The first-order valence-electron chi connectivity index (χ1n) is 9.45. The Kier molecular flexibility index (Phi) is 6.36. The Morgan fingerprint density at radius 1 is 1.20 bits per heavy atom. The van der Waals surface area contributed by atoms with Gasteiger partial charge in [0.15, 0.2) is 5.88 Å². The number of benzene rings is 2. The third-order valence-corrected chi connectivity index (χ3v) is 4.64. The Labute approximate surface area is 182 Å². The number of alkyl carbamates (subject to hydrolysis) is 1. The highest BCUT2D eigenvalue weighted by Crippen LogP contribution is 2.32. The number of aromatic amines is 1. The minimum absolute atomic E-state index is 0.0229. The number of hydrogen-bond donors (Lipinski definition) is 4. The summed E-state index contributed by atoms with van der Waals surface area (Å²) in [7, 11) is 0. The van der Waals surface area contributed by atoms with E-state index in [1.165, 1.54) is 0 Å². The first-order valence-corrected chi connectivity index (χ1v) is 10.2. The third-order valence-electron chi connectivity index (χ3n) is 4.15. The number of halogens is 1. The molecule has 158 valence electrons. The number of nitrogens with zero attached hydrogens (tertiary/aromatic N) is 1. The molecule has 1 aromatic heterocycles. The van der Waals surface area contributed by atoms with Crippen LogP contribution in [-0.2, 0) is 4.74 Å². The predicted molar refractivity (Wildman–Crippen MR) is 121 cm³/mol. The minimum atomic E-state index is -0.580. The molecule has 0 bridgehead atoms. The van der Waals surface area contributed by atoms with Crippen LogP contribution in [0.15, 0.2) is 51.9 Å². The van der Waals surface area contributed by atoms with Crippen LogP contribution in [0.3, 0.4) is 0 Å². The molecule has 0 unspecified atom stereocenters. The second-order valence-corrected chi connectivity index (χ2v) is 8.66. The highest BCUT2D eigenvalue weighted by molar-refractivity contribution is 9.10. The predicted octanol–water partition coefficient (Wildman–Crippen LogP) is 4.70. The summed E-state index contributed by atoms with van der Waals surface area (Å²) in [4.78, 5) is 19.4. The number of nitrogens with one attached hydrogen (secondary N) is 2. The molecule has 1 amide bonds. The lowest BCUT2D eigenvalue weighted by molar-refractivity contribution is 0.0529. The molecule has 3 rings (SSSR count). The lowest BCUT2D eigenvalue weighted by atomic mass is 10.0. The van der Waals surface area contributed by atoms with Crippen LogP contribution in [0, 0.1) is 0 Å². The zero-order valence-electron chi connectivity index (χ0n) is 17.0. The monoisotopic (exact) mass is 473 g/mol. The normalized spacial score (nSPS) is 12.2. The fourth-order valence-electron chi connectivity index (χ4n) is 3.00. The smallest absolute Gasteiger partial charge is 0.407 e. The number of phenolic OH excluding ortho intramolecular Hbond substituents is 1. The highest BCUT2D eigenvalue weighted by Gasteiger charge is 2.19. The van der Waals surface area contributed by atoms with E-state index < -0.39 is 11.7 Å². The van der Waals surface area contributed by atoms with Crippen LogP contribution in [0.5, 0.6) is 11.6 Å². The summed E-state index contributed by atoms with van der Waals surface area (Å²) in [6.07, 6.45) is -0.518. The Hall–Kier alpha value is -3.00. The first-order chi connectivity index (χ1) is 14.1. The van der Waals surface area contributed by atoms with Gasteiger partial charge >= 0.3 is 6.09 Å². The SMILES string of the molecule is CC(C)(C)OC(=O)NCCN=C(c1cccc(O)c1)c1c(O)[nH]c2ccc(Br)cc12. The van der Waals surface area contributed by atoms with Crippen LogP contribution < -0.4 is 5.32 Å². The summed E-state index contributed by atoms with van der Waals surface area (Å²) >= 11 is 3.46. The van der Waals surface area contributed by atoms with Crippen LogP contribution in [0.1, 0.15) is 31.9 Å². The van der Waals surface area contributed by atoms with Crippen molar-refractivity contribution in [1.29, 1.82) is 0 Å². The van der Waals surface area contributed by atoms with E-state index in [0.29, 0.717) is 16.8 Å². The zero-order valence-corrected chi connectivity index (χ0v) is 18.6. The van der Waals surface area contributed by atoms with Gasteiger partial charge in [-0.1, -0.05) is 28.1 Å². The van der Waals surface area contributed by atoms with Crippen molar-refractivity contribution in [1.82, 2.24) is 10.3 Å². The van der Waals surface area contributed by atoms with Crippen LogP contribution in [-0.4, -0.2) is 45.7 Å². The van der Waals surface area contributed by atoms with Gasteiger partial charge in [-0.15, -0.1) is 0 Å². The van der Waals surface area contributed by atoms with Gasteiger partial charge in [0.2, 0.25) is 0 Å².